The maximum absolute atomic E-state index is 5.92. The van der Waals surface area contributed by atoms with Crippen LogP contribution in [0.3, 0.4) is 0 Å². The molecule has 96 valence electrons. The van der Waals surface area contributed by atoms with E-state index in [1.165, 1.54) is 32.1 Å². The molecule has 0 atom stereocenters. The largest absolute Gasteiger partial charge is 0.380 e. The van der Waals surface area contributed by atoms with Crippen LogP contribution in [-0.4, -0.2) is 5.16 Å². The zero-order valence-corrected chi connectivity index (χ0v) is 11.2. The molecule has 1 aliphatic carbocycles. The van der Waals surface area contributed by atoms with Crippen LogP contribution in [0.15, 0.2) is 22.0 Å². The van der Waals surface area contributed by atoms with Crippen molar-refractivity contribution in [3.05, 3.63) is 23.3 Å². The Bertz CT molecular complexity index is 498. The second kappa shape index (κ2) is 5.14. The fourth-order valence-corrected chi connectivity index (χ4v) is 3.62. The van der Waals surface area contributed by atoms with Crippen LogP contribution in [0.2, 0.25) is 0 Å². The maximum Gasteiger partial charge on any atom is 0.175 e. The van der Waals surface area contributed by atoms with Gasteiger partial charge < -0.3 is 10.3 Å². The van der Waals surface area contributed by atoms with E-state index in [9.17, 15) is 0 Å². The standard InChI is InChI=1S/C14H18N2OS/c15-14-13(12-6-3-9-18-12)11(17-16-14)8-7-10-4-1-2-5-10/h3,6,9-10H,1-2,4-5,7-8H2,(H2,15,16). The number of anilines is 1. The smallest absolute Gasteiger partial charge is 0.175 e. The molecule has 1 fully saturated rings. The minimum Gasteiger partial charge on any atom is -0.380 e. The maximum atomic E-state index is 5.92. The molecular weight excluding hydrogens is 244 g/mol. The molecule has 2 aromatic heterocycles. The molecule has 0 radical (unpaired) electrons. The van der Waals surface area contributed by atoms with Gasteiger partial charge >= 0.3 is 0 Å². The highest BCUT2D eigenvalue weighted by molar-refractivity contribution is 7.13. The molecule has 3 rings (SSSR count). The van der Waals surface area contributed by atoms with Crippen LogP contribution in [0.4, 0.5) is 5.82 Å². The average molecular weight is 262 g/mol. The van der Waals surface area contributed by atoms with Crippen LogP contribution < -0.4 is 5.73 Å². The van der Waals surface area contributed by atoms with Gasteiger partial charge in [0.2, 0.25) is 0 Å². The molecule has 1 aliphatic rings. The summed E-state index contributed by atoms with van der Waals surface area (Å²) in [6.07, 6.45) is 7.69. The van der Waals surface area contributed by atoms with E-state index in [4.69, 9.17) is 10.3 Å². The topological polar surface area (TPSA) is 52.0 Å². The summed E-state index contributed by atoms with van der Waals surface area (Å²) in [4.78, 5) is 1.16. The van der Waals surface area contributed by atoms with Crippen LogP contribution in [0.25, 0.3) is 10.4 Å². The van der Waals surface area contributed by atoms with Gasteiger partial charge in [-0.1, -0.05) is 36.9 Å². The normalized spacial score (nSPS) is 16.4. The lowest BCUT2D eigenvalue weighted by atomic mass is 9.99. The van der Waals surface area contributed by atoms with E-state index in [0.717, 1.165) is 28.5 Å². The van der Waals surface area contributed by atoms with Crippen LogP contribution in [0.1, 0.15) is 37.9 Å². The van der Waals surface area contributed by atoms with E-state index in [1.54, 1.807) is 11.3 Å². The Morgan fingerprint density at radius 2 is 2.22 bits per heavy atom. The fraction of sp³-hybridized carbons (Fsp3) is 0.500. The molecule has 0 amide bonds. The third-order valence-corrected chi connectivity index (χ3v) is 4.70. The predicted molar refractivity (Wildman–Crippen MR) is 74.5 cm³/mol. The molecule has 2 aromatic rings. The summed E-state index contributed by atoms with van der Waals surface area (Å²) >= 11 is 1.69. The van der Waals surface area contributed by atoms with Crippen LogP contribution in [0.5, 0.6) is 0 Å². The SMILES string of the molecule is Nc1noc(CCC2CCCC2)c1-c1cccs1. The summed E-state index contributed by atoms with van der Waals surface area (Å²) in [6, 6.07) is 4.11. The lowest BCUT2D eigenvalue weighted by molar-refractivity contribution is 0.370. The summed E-state index contributed by atoms with van der Waals surface area (Å²) in [5, 5.41) is 5.99. The van der Waals surface area contributed by atoms with Crippen molar-refractivity contribution in [3.63, 3.8) is 0 Å². The Morgan fingerprint density at radius 1 is 1.39 bits per heavy atom. The van der Waals surface area contributed by atoms with E-state index < -0.39 is 0 Å². The Morgan fingerprint density at radius 3 is 2.94 bits per heavy atom. The van der Waals surface area contributed by atoms with Gasteiger partial charge in [-0.15, -0.1) is 11.3 Å². The molecule has 0 saturated heterocycles. The summed E-state index contributed by atoms with van der Waals surface area (Å²) in [6.45, 7) is 0. The molecule has 2 N–H and O–H groups in total. The van der Waals surface area contributed by atoms with Crippen molar-refractivity contribution >= 4 is 17.2 Å². The zero-order chi connectivity index (χ0) is 12.4. The fourth-order valence-electron chi connectivity index (χ4n) is 2.83. The van der Waals surface area contributed by atoms with Crippen molar-refractivity contribution < 1.29 is 4.52 Å². The number of nitrogens with two attached hydrogens (primary N) is 1. The van der Waals surface area contributed by atoms with Crippen LogP contribution >= 0.6 is 11.3 Å². The van der Waals surface area contributed by atoms with Crippen molar-refractivity contribution in [2.45, 2.75) is 38.5 Å². The van der Waals surface area contributed by atoms with Gasteiger partial charge in [0.15, 0.2) is 5.82 Å². The van der Waals surface area contributed by atoms with Crippen LogP contribution in [-0.2, 0) is 6.42 Å². The summed E-state index contributed by atoms with van der Waals surface area (Å²) in [5.41, 5.74) is 6.93. The monoisotopic (exact) mass is 262 g/mol. The van der Waals surface area contributed by atoms with Gasteiger partial charge in [-0.3, -0.25) is 0 Å². The number of aromatic nitrogens is 1. The third-order valence-electron chi connectivity index (χ3n) is 3.81. The van der Waals surface area contributed by atoms with Crippen molar-refractivity contribution in [2.24, 2.45) is 5.92 Å². The van der Waals surface area contributed by atoms with E-state index >= 15 is 0 Å². The molecule has 3 nitrogen and oxygen atoms in total. The molecule has 0 aliphatic heterocycles. The first kappa shape index (κ1) is 11.8. The van der Waals surface area contributed by atoms with Gasteiger partial charge in [-0.2, -0.15) is 0 Å². The van der Waals surface area contributed by atoms with Gasteiger partial charge in [0.25, 0.3) is 0 Å². The highest BCUT2D eigenvalue weighted by Crippen LogP contribution is 2.35. The molecule has 2 heterocycles. The zero-order valence-electron chi connectivity index (χ0n) is 10.4. The second-order valence-corrected chi connectivity index (χ2v) is 5.98. The predicted octanol–water partition coefficient (Wildman–Crippen LogP) is 4.11. The third kappa shape index (κ3) is 2.29. The molecule has 1 saturated carbocycles. The summed E-state index contributed by atoms with van der Waals surface area (Å²) in [7, 11) is 0. The number of nitrogen functional groups attached to an aromatic ring is 1. The van der Waals surface area contributed by atoms with Crippen molar-refractivity contribution in [1.82, 2.24) is 5.16 Å². The van der Waals surface area contributed by atoms with Gasteiger partial charge in [0, 0.05) is 11.3 Å². The van der Waals surface area contributed by atoms with Crippen molar-refractivity contribution in [2.75, 3.05) is 5.73 Å². The molecule has 18 heavy (non-hydrogen) atoms. The number of thiophene rings is 1. The second-order valence-electron chi connectivity index (χ2n) is 5.03. The molecule has 0 aromatic carbocycles. The van der Waals surface area contributed by atoms with Gasteiger partial charge in [-0.05, 0) is 23.8 Å². The minimum absolute atomic E-state index is 0.527. The highest BCUT2D eigenvalue weighted by atomic mass is 32.1. The summed E-state index contributed by atoms with van der Waals surface area (Å²) in [5.74, 6) is 2.35. The van der Waals surface area contributed by atoms with Gasteiger partial charge in [0.1, 0.15) is 5.76 Å². The van der Waals surface area contributed by atoms with Crippen LogP contribution in [0, 0.1) is 5.92 Å². The van der Waals surface area contributed by atoms with Crippen molar-refractivity contribution in [3.8, 4) is 10.4 Å². The first-order valence-corrected chi connectivity index (χ1v) is 7.50. The van der Waals surface area contributed by atoms with E-state index in [0.29, 0.717) is 5.82 Å². The lowest BCUT2D eigenvalue weighted by Crippen LogP contribution is -1.96. The Labute approximate surface area is 111 Å². The number of hydrogen-bond donors (Lipinski definition) is 1. The van der Waals surface area contributed by atoms with Gasteiger partial charge in [-0.25, -0.2) is 0 Å². The minimum atomic E-state index is 0.527. The Balaban J connectivity index is 1.76. The number of rotatable bonds is 4. The van der Waals surface area contributed by atoms with Crippen molar-refractivity contribution in [1.29, 1.82) is 0 Å². The molecule has 4 heteroatoms. The first-order chi connectivity index (χ1) is 8.84. The molecule has 0 spiro atoms. The molecule has 0 unspecified atom stereocenters. The lowest BCUT2D eigenvalue weighted by Gasteiger charge is -2.07. The first-order valence-electron chi connectivity index (χ1n) is 6.62. The Kier molecular flexibility index (Phi) is 3.37. The van der Waals surface area contributed by atoms with Gasteiger partial charge in [0.05, 0.1) is 5.56 Å². The van der Waals surface area contributed by atoms with E-state index in [2.05, 4.69) is 16.6 Å². The number of nitrogens with zero attached hydrogens (tertiary/aromatic N) is 1. The average Bonchev–Trinajstić information content (AvgIpc) is 3.07. The molecule has 0 bridgehead atoms. The number of hydrogen-bond acceptors (Lipinski definition) is 4. The highest BCUT2D eigenvalue weighted by Gasteiger charge is 2.20. The summed E-state index contributed by atoms with van der Waals surface area (Å²) < 4.78 is 5.41. The van der Waals surface area contributed by atoms with E-state index in [-0.39, 0.29) is 0 Å². The Hall–Kier alpha value is -1.29. The number of aryl methyl sites for hydroxylation is 1. The molecular formula is C14H18N2OS. The van der Waals surface area contributed by atoms with E-state index in [1.807, 2.05) is 6.07 Å². The quantitative estimate of drug-likeness (QED) is 0.902.